The normalized spacial score (nSPS) is 44.0. The molecule has 3 N–H and O–H groups in total. The van der Waals surface area contributed by atoms with E-state index in [2.05, 4.69) is 15.9 Å². The number of carboxylic acids is 1. The van der Waals surface area contributed by atoms with Crippen molar-refractivity contribution in [1.82, 2.24) is 0 Å². The van der Waals surface area contributed by atoms with Crippen molar-refractivity contribution in [2.45, 2.75) is 16.8 Å². The summed E-state index contributed by atoms with van der Waals surface area (Å²) in [4.78, 5) is 10.1. The molecule has 0 bridgehead atoms. The Balaban J connectivity index is 2.60. The lowest BCUT2D eigenvalue weighted by atomic mass is 10.3. The van der Waals surface area contributed by atoms with Gasteiger partial charge >= 0.3 is 5.97 Å². The van der Waals surface area contributed by atoms with E-state index in [1.165, 1.54) is 0 Å². The van der Waals surface area contributed by atoms with E-state index < -0.39 is 11.5 Å². The molecule has 1 aliphatic rings. The van der Waals surface area contributed by atoms with Crippen LogP contribution in [0, 0.1) is 0 Å². The molecule has 1 rings (SSSR count). The van der Waals surface area contributed by atoms with Gasteiger partial charge in [0.15, 0.2) is 0 Å². The molecule has 0 aromatic rings. The molecule has 0 saturated heterocycles. The van der Waals surface area contributed by atoms with Crippen LogP contribution in [0.1, 0.15) is 6.42 Å². The molecule has 8 heavy (non-hydrogen) atoms. The van der Waals surface area contributed by atoms with Crippen molar-refractivity contribution < 1.29 is 9.90 Å². The third-order valence-corrected chi connectivity index (χ3v) is 2.45. The fraction of sp³-hybridized carbons (Fsp3) is 0.750. The highest BCUT2D eigenvalue weighted by molar-refractivity contribution is 9.09. The number of carboxylic acid groups (broad SMARTS) is 1. The molecule has 0 aliphatic heterocycles. The second kappa shape index (κ2) is 1.45. The van der Waals surface area contributed by atoms with Crippen molar-refractivity contribution >= 4 is 21.9 Å². The van der Waals surface area contributed by atoms with Gasteiger partial charge in [-0.2, -0.15) is 0 Å². The van der Waals surface area contributed by atoms with Crippen LogP contribution in [-0.2, 0) is 4.79 Å². The molecular weight excluding hydrogens is 174 g/mol. The fourth-order valence-corrected chi connectivity index (χ4v) is 1.19. The second-order valence-electron chi connectivity index (χ2n) is 2.02. The lowest BCUT2D eigenvalue weighted by molar-refractivity contribution is -0.139. The topological polar surface area (TPSA) is 63.3 Å². The van der Waals surface area contributed by atoms with Gasteiger partial charge in [-0.25, -0.2) is 0 Å². The number of aliphatic carboxylic acids is 1. The van der Waals surface area contributed by atoms with Gasteiger partial charge in [0.25, 0.3) is 0 Å². The maximum absolute atomic E-state index is 10.1. The molecule has 0 unspecified atom stereocenters. The molecule has 1 saturated carbocycles. The van der Waals surface area contributed by atoms with Crippen molar-refractivity contribution in [2.75, 3.05) is 0 Å². The first kappa shape index (κ1) is 6.04. The van der Waals surface area contributed by atoms with Gasteiger partial charge < -0.3 is 10.8 Å². The predicted molar refractivity (Wildman–Crippen MR) is 31.9 cm³/mol. The zero-order valence-electron chi connectivity index (χ0n) is 4.10. The molecule has 0 radical (unpaired) electrons. The van der Waals surface area contributed by atoms with E-state index in [-0.39, 0.29) is 4.83 Å². The van der Waals surface area contributed by atoms with Gasteiger partial charge in [-0.1, -0.05) is 15.9 Å². The van der Waals surface area contributed by atoms with E-state index in [1.54, 1.807) is 0 Å². The van der Waals surface area contributed by atoms with E-state index >= 15 is 0 Å². The Labute approximate surface area is 55.0 Å². The van der Waals surface area contributed by atoms with E-state index in [0.29, 0.717) is 6.42 Å². The molecule has 0 aromatic carbocycles. The highest BCUT2D eigenvalue weighted by Gasteiger charge is 2.56. The number of alkyl halides is 1. The lowest BCUT2D eigenvalue weighted by Crippen LogP contribution is -2.35. The smallest absolute Gasteiger partial charge is 0.324 e. The van der Waals surface area contributed by atoms with Gasteiger partial charge in [0.1, 0.15) is 5.54 Å². The molecule has 1 aliphatic carbocycles. The standard InChI is InChI=1S/C4H6BrNO2/c5-2-1-4(2,6)3(7)8/h2H,1,6H2,(H,7,8)/t2-,4-/m1/s1. The van der Waals surface area contributed by atoms with Crippen LogP contribution in [0.5, 0.6) is 0 Å². The number of nitrogens with two attached hydrogens (primary N) is 1. The van der Waals surface area contributed by atoms with Gasteiger partial charge in [0.2, 0.25) is 0 Å². The van der Waals surface area contributed by atoms with Gasteiger partial charge in [0, 0.05) is 4.83 Å². The monoisotopic (exact) mass is 179 g/mol. The largest absolute Gasteiger partial charge is 0.480 e. The summed E-state index contributed by atoms with van der Waals surface area (Å²) in [5.41, 5.74) is 4.33. The molecule has 4 heteroatoms. The van der Waals surface area contributed by atoms with Crippen LogP contribution in [0.2, 0.25) is 0 Å². The zero-order valence-corrected chi connectivity index (χ0v) is 5.68. The highest BCUT2D eigenvalue weighted by atomic mass is 79.9. The average molecular weight is 180 g/mol. The Bertz CT molecular complexity index is 138. The summed E-state index contributed by atoms with van der Waals surface area (Å²) in [6.45, 7) is 0. The summed E-state index contributed by atoms with van der Waals surface area (Å²) < 4.78 is 0. The number of hydrogen-bond acceptors (Lipinski definition) is 2. The third-order valence-electron chi connectivity index (χ3n) is 1.31. The summed E-state index contributed by atoms with van der Waals surface area (Å²) in [7, 11) is 0. The third kappa shape index (κ3) is 0.641. The lowest BCUT2D eigenvalue weighted by Gasteiger charge is -1.97. The molecule has 3 nitrogen and oxygen atoms in total. The van der Waals surface area contributed by atoms with Crippen LogP contribution in [-0.4, -0.2) is 21.4 Å². The molecule has 0 heterocycles. The Morgan fingerprint density at radius 3 is 2.38 bits per heavy atom. The van der Waals surface area contributed by atoms with E-state index in [9.17, 15) is 4.79 Å². The highest BCUT2D eigenvalue weighted by Crippen LogP contribution is 2.40. The van der Waals surface area contributed by atoms with Crippen molar-refractivity contribution in [3.8, 4) is 0 Å². The van der Waals surface area contributed by atoms with Gasteiger partial charge in [0.05, 0.1) is 0 Å². The SMILES string of the molecule is N[C@]1(C(=O)O)C[C@H]1Br. The first-order valence-electron chi connectivity index (χ1n) is 2.24. The Morgan fingerprint density at radius 2 is 2.38 bits per heavy atom. The number of carbonyl (C=O) groups is 1. The van der Waals surface area contributed by atoms with Crippen LogP contribution >= 0.6 is 15.9 Å². The predicted octanol–water partition coefficient (Wildman–Crippen LogP) is -0.0643. The Kier molecular flexibility index (Phi) is 1.09. The van der Waals surface area contributed by atoms with Crippen LogP contribution in [0.4, 0.5) is 0 Å². The van der Waals surface area contributed by atoms with Crippen LogP contribution in [0.15, 0.2) is 0 Å². The van der Waals surface area contributed by atoms with Crippen molar-refractivity contribution in [2.24, 2.45) is 5.73 Å². The first-order valence-corrected chi connectivity index (χ1v) is 3.15. The maximum Gasteiger partial charge on any atom is 0.324 e. The van der Waals surface area contributed by atoms with Crippen LogP contribution in [0.3, 0.4) is 0 Å². The summed E-state index contributed by atoms with van der Waals surface area (Å²) >= 11 is 3.10. The second-order valence-corrected chi connectivity index (χ2v) is 3.12. The summed E-state index contributed by atoms with van der Waals surface area (Å²) in [5, 5.41) is 8.33. The van der Waals surface area contributed by atoms with Gasteiger partial charge in [-0.3, -0.25) is 4.79 Å². The molecule has 0 spiro atoms. The Morgan fingerprint density at radius 1 is 2.00 bits per heavy atom. The van der Waals surface area contributed by atoms with E-state index in [1.807, 2.05) is 0 Å². The van der Waals surface area contributed by atoms with Crippen molar-refractivity contribution in [3.63, 3.8) is 0 Å². The minimum absolute atomic E-state index is 0.0208. The molecule has 2 atom stereocenters. The fourth-order valence-electron chi connectivity index (χ4n) is 0.459. The quantitative estimate of drug-likeness (QED) is 0.555. The van der Waals surface area contributed by atoms with E-state index in [4.69, 9.17) is 10.8 Å². The average Bonchev–Trinajstić information content (AvgIpc) is 2.17. The minimum Gasteiger partial charge on any atom is -0.480 e. The molecule has 0 amide bonds. The summed E-state index contributed by atoms with van der Waals surface area (Å²) in [6.07, 6.45) is 0.544. The Hall–Kier alpha value is -0.0900. The van der Waals surface area contributed by atoms with Crippen molar-refractivity contribution in [3.05, 3.63) is 0 Å². The maximum atomic E-state index is 10.1. The molecule has 0 aromatic heterocycles. The van der Waals surface area contributed by atoms with Crippen molar-refractivity contribution in [1.29, 1.82) is 0 Å². The molecule has 1 fully saturated rings. The first-order chi connectivity index (χ1) is 3.57. The number of rotatable bonds is 1. The number of halogens is 1. The van der Waals surface area contributed by atoms with Crippen LogP contribution < -0.4 is 5.73 Å². The summed E-state index contributed by atoms with van der Waals surface area (Å²) in [6, 6.07) is 0. The van der Waals surface area contributed by atoms with Gasteiger partial charge in [-0.15, -0.1) is 0 Å². The van der Waals surface area contributed by atoms with Crippen LogP contribution in [0.25, 0.3) is 0 Å². The molecule has 46 valence electrons. The van der Waals surface area contributed by atoms with Gasteiger partial charge in [-0.05, 0) is 6.42 Å². The minimum atomic E-state index is -0.958. The zero-order chi connectivity index (χ0) is 6.36. The molecular formula is C4H6BrNO2. The van der Waals surface area contributed by atoms with E-state index in [0.717, 1.165) is 0 Å². The number of hydrogen-bond donors (Lipinski definition) is 2. The summed E-state index contributed by atoms with van der Waals surface area (Å²) in [5.74, 6) is -0.917.